The lowest BCUT2D eigenvalue weighted by molar-refractivity contribution is 0.0162. The number of amides is 1. The lowest BCUT2D eigenvalue weighted by Gasteiger charge is -2.35. The monoisotopic (exact) mass is 376 g/mol. The molecule has 0 saturated carbocycles. The molecule has 1 saturated heterocycles. The summed E-state index contributed by atoms with van der Waals surface area (Å²) in [5, 5.41) is 3.20. The topological polar surface area (TPSA) is 41.6 Å². The smallest absolute Gasteiger partial charge is 0.254 e. The summed E-state index contributed by atoms with van der Waals surface area (Å²) >= 11 is 5.89. The van der Waals surface area contributed by atoms with Gasteiger partial charge < -0.3 is 10.1 Å². The Labute approximate surface area is 157 Å². The first-order valence-electron chi connectivity index (χ1n) is 8.66. The molecule has 0 aromatic heterocycles. The van der Waals surface area contributed by atoms with E-state index in [1.54, 1.807) is 0 Å². The number of morpholine rings is 1. The third-order valence-electron chi connectivity index (χ3n) is 4.54. The molecule has 1 heterocycles. The van der Waals surface area contributed by atoms with Crippen LogP contribution in [0, 0.1) is 12.7 Å². The molecule has 2 aromatic rings. The Morgan fingerprint density at radius 1 is 1.27 bits per heavy atom. The highest BCUT2D eigenvalue weighted by Crippen LogP contribution is 2.23. The Hall–Kier alpha value is -1.95. The summed E-state index contributed by atoms with van der Waals surface area (Å²) in [6.45, 7) is 5.34. The minimum atomic E-state index is -0.578. The van der Waals surface area contributed by atoms with Crippen molar-refractivity contribution in [1.82, 2.24) is 10.2 Å². The molecule has 1 unspecified atom stereocenters. The number of aryl methyl sites for hydroxylation is 1. The van der Waals surface area contributed by atoms with Crippen LogP contribution in [0.2, 0.25) is 5.02 Å². The number of nitrogens with zero attached hydrogens (tertiary/aromatic N) is 1. The molecular formula is C20H22ClFN2O2. The number of carbonyl (C=O) groups is 1. The van der Waals surface area contributed by atoms with Gasteiger partial charge in [-0.15, -0.1) is 0 Å². The third-order valence-corrected chi connectivity index (χ3v) is 4.78. The minimum Gasteiger partial charge on any atom is -0.379 e. The van der Waals surface area contributed by atoms with E-state index in [0.29, 0.717) is 24.8 Å². The van der Waals surface area contributed by atoms with Crippen molar-refractivity contribution < 1.29 is 13.9 Å². The van der Waals surface area contributed by atoms with Gasteiger partial charge in [0.15, 0.2) is 0 Å². The number of hydrogen-bond acceptors (Lipinski definition) is 3. The van der Waals surface area contributed by atoms with Gasteiger partial charge >= 0.3 is 0 Å². The zero-order valence-electron chi connectivity index (χ0n) is 14.7. The maximum Gasteiger partial charge on any atom is 0.254 e. The SMILES string of the molecule is Cc1cccc(C(CNC(=O)c2cc(Cl)ccc2F)N2CCOCC2)c1. The molecule has 1 atom stereocenters. The maximum atomic E-state index is 13.9. The van der Waals surface area contributed by atoms with Gasteiger partial charge in [-0.05, 0) is 30.7 Å². The zero-order valence-corrected chi connectivity index (χ0v) is 15.4. The van der Waals surface area contributed by atoms with Crippen molar-refractivity contribution in [3.8, 4) is 0 Å². The van der Waals surface area contributed by atoms with Crippen molar-refractivity contribution in [1.29, 1.82) is 0 Å². The normalized spacial score (nSPS) is 16.3. The number of hydrogen-bond donors (Lipinski definition) is 1. The van der Waals surface area contributed by atoms with Crippen LogP contribution in [0.15, 0.2) is 42.5 Å². The van der Waals surface area contributed by atoms with Crippen molar-refractivity contribution in [3.05, 3.63) is 70.0 Å². The molecule has 3 rings (SSSR count). The van der Waals surface area contributed by atoms with Gasteiger partial charge in [-0.1, -0.05) is 41.4 Å². The summed E-state index contributed by atoms with van der Waals surface area (Å²) in [5.74, 6) is -1.04. The quantitative estimate of drug-likeness (QED) is 0.867. The molecule has 6 heteroatoms. The average molecular weight is 377 g/mol. The molecule has 4 nitrogen and oxygen atoms in total. The molecule has 1 aliphatic heterocycles. The maximum absolute atomic E-state index is 13.9. The Morgan fingerprint density at radius 2 is 2.04 bits per heavy atom. The number of benzene rings is 2. The molecule has 1 fully saturated rings. The van der Waals surface area contributed by atoms with Crippen LogP contribution in [0.4, 0.5) is 4.39 Å². The van der Waals surface area contributed by atoms with Crippen LogP contribution < -0.4 is 5.32 Å². The highest BCUT2D eigenvalue weighted by Gasteiger charge is 2.24. The van der Waals surface area contributed by atoms with Gasteiger partial charge in [-0.3, -0.25) is 9.69 Å². The van der Waals surface area contributed by atoms with Crippen LogP contribution in [0.1, 0.15) is 27.5 Å². The number of halogens is 2. The van der Waals surface area contributed by atoms with Gasteiger partial charge in [0.2, 0.25) is 0 Å². The molecule has 2 aromatic carbocycles. The molecule has 0 spiro atoms. The van der Waals surface area contributed by atoms with Crippen LogP contribution in [0.3, 0.4) is 0 Å². The highest BCUT2D eigenvalue weighted by atomic mass is 35.5. The van der Waals surface area contributed by atoms with E-state index in [0.717, 1.165) is 24.2 Å². The number of carbonyl (C=O) groups excluding carboxylic acids is 1. The van der Waals surface area contributed by atoms with Gasteiger partial charge in [0.05, 0.1) is 24.8 Å². The fourth-order valence-electron chi connectivity index (χ4n) is 3.18. The van der Waals surface area contributed by atoms with Crippen molar-refractivity contribution in [2.24, 2.45) is 0 Å². The van der Waals surface area contributed by atoms with E-state index in [1.807, 2.05) is 19.1 Å². The van der Waals surface area contributed by atoms with Gasteiger partial charge in [0.1, 0.15) is 5.82 Å². The predicted octanol–water partition coefficient (Wildman–Crippen LogP) is 3.59. The Bertz CT molecular complexity index is 778. The van der Waals surface area contributed by atoms with E-state index in [-0.39, 0.29) is 11.6 Å². The lowest BCUT2D eigenvalue weighted by Crippen LogP contribution is -2.44. The summed E-state index contributed by atoms with van der Waals surface area (Å²) in [4.78, 5) is 14.7. The molecule has 26 heavy (non-hydrogen) atoms. The van der Waals surface area contributed by atoms with E-state index in [2.05, 4.69) is 22.3 Å². The van der Waals surface area contributed by atoms with E-state index in [1.165, 1.54) is 18.2 Å². The summed E-state index contributed by atoms with van der Waals surface area (Å²) in [5.41, 5.74) is 2.24. The number of ether oxygens (including phenoxy) is 1. The zero-order chi connectivity index (χ0) is 18.5. The van der Waals surface area contributed by atoms with E-state index < -0.39 is 11.7 Å². The standard InChI is InChI=1S/C20H22ClFN2O2/c1-14-3-2-4-15(11-14)19(24-7-9-26-10-8-24)13-23-20(25)17-12-16(21)5-6-18(17)22/h2-6,11-12,19H,7-10,13H2,1H3,(H,23,25). The van der Waals surface area contributed by atoms with E-state index in [4.69, 9.17) is 16.3 Å². The summed E-state index contributed by atoms with van der Waals surface area (Å²) in [6.07, 6.45) is 0. The second-order valence-corrected chi connectivity index (χ2v) is 6.85. The molecular weight excluding hydrogens is 355 g/mol. The highest BCUT2D eigenvalue weighted by molar-refractivity contribution is 6.31. The van der Waals surface area contributed by atoms with Crippen molar-refractivity contribution in [3.63, 3.8) is 0 Å². The van der Waals surface area contributed by atoms with Crippen LogP contribution in [0.5, 0.6) is 0 Å². The number of rotatable bonds is 5. The Kier molecular flexibility index (Phi) is 6.25. The van der Waals surface area contributed by atoms with Crippen LogP contribution in [0.25, 0.3) is 0 Å². The van der Waals surface area contributed by atoms with Crippen LogP contribution >= 0.6 is 11.6 Å². The minimum absolute atomic E-state index is 0.00463. The van der Waals surface area contributed by atoms with E-state index >= 15 is 0 Å². The largest absolute Gasteiger partial charge is 0.379 e. The first-order chi connectivity index (χ1) is 12.5. The Balaban J connectivity index is 1.77. The summed E-state index contributed by atoms with van der Waals surface area (Å²) in [7, 11) is 0. The van der Waals surface area contributed by atoms with Gasteiger partial charge in [0.25, 0.3) is 5.91 Å². The molecule has 1 aliphatic rings. The van der Waals surface area contributed by atoms with Crippen LogP contribution in [-0.2, 0) is 4.74 Å². The summed E-state index contributed by atoms with van der Waals surface area (Å²) in [6, 6.07) is 12.2. The van der Waals surface area contributed by atoms with E-state index in [9.17, 15) is 9.18 Å². The molecule has 1 amide bonds. The molecule has 0 aliphatic carbocycles. The fourth-order valence-corrected chi connectivity index (χ4v) is 3.35. The Morgan fingerprint density at radius 3 is 2.77 bits per heavy atom. The molecule has 0 bridgehead atoms. The van der Waals surface area contributed by atoms with Crippen LogP contribution in [-0.4, -0.2) is 43.7 Å². The fraction of sp³-hybridized carbons (Fsp3) is 0.350. The predicted molar refractivity (Wildman–Crippen MR) is 100 cm³/mol. The average Bonchev–Trinajstić information content (AvgIpc) is 2.65. The lowest BCUT2D eigenvalue weighted by atomic mass is 10.0. The third kappa shape index (κ3) is 4.61. The molecule has 0 radical (unpaired) electrons. The second-order valence-electron chi connectivity index (χ2n) is 6.41. The molecule has 1 N–H and O–H groups in total. The van der Waals surface area contributed by atoms with Gasteiger partial charge in [0, 0.05) is 24.7 Å². The van der Waals surface area contributed by atoms with Crippen molar-refractivity contribution >= 4 is 17.5 Å². The van der Waals surface area contributed by atoms with Gasteiger partial charge in [-0.2, -0.15) is 0 Å². The number of nitrogens with one attached hydrogen (secondary N) is 1. The van der Waals surface area contributed by atoms with Gasteiger partial charge in [-0.25, -0.2) is 4.39 Å². The first-order valence-corrected chi connectivity index (χ1v) is 9.04. The first kappa shape index (κ1) is 18.8. The van der Waals surface area contributed by atoms with Crippen molar-refractivity contribution in [2.45, 2.75) is 13.0 Å². The second kappa shape index (κ2) is 8.62. The summed E-state index contributed by atoms with van der Waals surface area (Å²) < 4.78 is 19.4. The molecule has 138 valence electrons. The van der Waals surface area contributed by atoms with Crippen molar-refractivity contribution in [2.75, 3.05) is 32.8 Å².